The summed E-state index contributed by atoms with van der Waals surface area (Å²) in [7, 11) is 0. The van der Waals surface area contributed by atoms with Crippen LogP contribution < -0.4 is 0 Å². The summed E-state index contributed by atoms with van der Waals surface area (Å²) < 4.78 is 25.7. The second-order valence-corrected chi connectivity index (χ2v) is 3.05. The molecule has 0 aliphatic heterocycles. The molecule has 6 heteroatoms. The van der Waals surface area contributed by atoms with Crippen LogP contribution in [0.4, 0.5) is 14.5 Å². The first-order chi connectivity index (χ1) is 5.66. The average Bonchev–Trinajstić information content (AvgIpc) is 2.07. The van der Waals surface area contributed by atoms with Crippen molar-refractivity contribution in [3.8, 4) is 0 Å². The van der Waals surface area contributed by atoms with Gasteiger partial charge in [-0.25, -0.2) is 8.78 Å². The van der Waals surface area contributed by atoms with Crippen molar-refractivity contribution in [1.29, 1.82) is 0 Å². The largest absolute Gasteiger partial charge is 0.203 e. The van der Waals surface area contributed by atoms with Crippen molar-refractivity contribution in [2.75, 3.05) is 0 Å². The van der Waals surface area contributed by atoms with Gasteiger partial charge in [-0.1, -0.05) is 5.11 Å². The third-order valence-electron chi connectivity index (χ3n) is 1.17. The molecule has 62 valence electrons. The average molecular weight is 281 g/mol. The molecule has 0 amide bonds. The normalized spacial score (nSPS) is 9.25. The van der Waals surface area contributed by atoms with Crippen LogP contribution in [0.25, 0.3) is 10.4 Å². The van der Waals surface area contributed by atoms with Crippen LogP contribution in [-0.4, -0.2) is 0 Å². The van der Waals surface area contributed by atoms with Crippen LogP contribution in [0.3, 0.4) is 0 Å². The zero-order valence-electron chi connectivity index (χ0n) is 5.63. The van der Waals surface area contributed by atoms with Gasteiger partial charge in [-0.3, -0.25) is 0 Å². The molecule has 0 spiro atoms. The van der Waals surface area contributed by atoms with E-state index in [1.807, 2.05) is 0 Å². The smallest absolute Gasteiger partial charge is 0.172 e. The lowest BCUT2D eigenvalue weighted by Crippen LogP contribution is -1.87. The summed E-state index contributed by atoms with van der Waals surface area (Å²) in [5.41, 5.74) is 7.65. The third-order valence-corrected chi connectivity index (χ3v) is 2.00. The maximum absolute atomic E-state index is 12.8. The monoisotopic (exact) mass is 281 g/mol. The quantitative estimate of drug-likeness (QED) is 0.249. The van der Waals surface area contributed by atoms with Crippen molar-refractivity contribution in [2.24, 2.45) is 5.11 Å². The predicted octanol–water partition coefficient (Wildman–Crippen LogP) is 3.51. The fourth-order valence-electron chi connectivity index (χ4n) is 0.641. The number of hydrogen-bond donors (Lipinski definition) is 0. The molecule has 0 aliphatic rings. The van der Waals surface area contributed by atoms with Gasteiger partial charge >= 0.3 is 0 Å². The highest BCUT2D eigenvalue weighted by molar-refractivity contribution is 14.1. The minimum Gasteiger partial charge on any atom is -0.203 e. The Hall–Kier alpha value is -0.880. The Morgan fingerprint density at radius 1 is 1.33 bits per heavy atom. The predicted molar refractivity (Wildman–Crippen MR) is 47.9 cm³/mol. The first kappa shape index (κ1) is 9.21. The molecule has 0 bridgehead atoms. The van der Waals surface area contributed by atoms with E-state index in [0.29, 0.717) is 0 Å². The zero-order valence-corrected chi connectivity index (χ0v) is 7.79. The highest BCUT2D eigenvalue weighted by Gasteiger charge is 2.09. The second kappa shape index (κ2) is 3.68. The second-order valence-electron chi connectivity index (χ2n) is 1.88. The van der Waals surface area contributed by atoms with Gasteiger partial charge in [-0.15, -0.1) is 0 Å². The number of rotatable bonds is 1. The Morgan fingerprint density at radius 3 is 2.58 bits per heavy atom. The van der Waals surface area contributed by atoms with E-state index in [1.165, 1.54) is 12.1 Å². The molecule has 3 nitrogen and oxygen atoms in total. The summed E-state index contributed by atoms with van der Waals surface area (Å²) in [4.78, 5) is 2.35. The number of hydrogen-bond acceptors (Lipinski definition) is 1. The topological polar surface area (TPSA) is 48.8 Å². The Morgan fingerprint density at radius 2 is 2.00 bits per heavy atom. The summed E-state index contributed by atoms with van der Waals surface area (Å²) in [5.74, 6) is -2.10. The van der Waals surface area contributed by atoms with E-state index in [1.54, 1.807) is 22.6 Å². The van der Waals surface area contributed by atoms with Gasteiger partial charge in [0.05, 0.1) is 9.26 Å². The van der Waals surface area contributed by atoms with E-state index >= 15 is 0 Å². The van der Waals surface area contributed by atoms with E-state index in [-0.39, 0.29) is 9.26 Å². The molecule has 12 heavy (non-hydrogen) atoms. The van der Waals surface area contributed by atoms with Crippen LogP contribution in [0.15, 0.2) is 17.2 Å². The first-order valence-corrected chi connectivity index (χ1v) is 3.93. The minimum absolute atomic E-state index is 0.155. The molecule has 0 heterocycles. The SMILES string of the molecule is [N-]=[N+]=Nc1ccc(I)c(F)c1F. The van der Waals surface area contributed by atoms with Gasteiger partial charge in [-0.2, -0.15) is 0 Å². The summed E-state index contributed by atoms with van der Waals surface area (Å²) in [6, 6.07) is 2.56. The molecule has 0 fully saturated rings. The van der Waals surface area contributed by atoms with Gasteiger partial charge in [0.2, 0.25) is 0 Å². The number of halogens is 3. The van der Waals surface area contributed by atoms with Crippen LogP contribution in [-0.2, 0) is 0 Å². The third kappa shape index (κ3) is 1.64. The molecule has 1 rings (SSSR count). The fourth-order valence-corrected chi connectivity index (χ4v) is 1.06. The van der Waals surface area contributed by atoms with Crippen molar-refractivity contribution in [1.82, 2.24) is 0 Å². The van der Waals surface area contributed by atoms with E-state index in [0.717, 1.165) is 0 Å². The Kier molecular flexibility index (Phi) is 2.83. The zero-order chi connectivity index (χ0) is 9.14. The lowest BCUT2D eigenvalue weighted by molar-refractivity contribution is 0.505. The van der Waals surface area contributed by atoms with Gasteiger partial charge in [0.1, 0.15) is 0 Å². The molecule has 1 aromatic carbocycles. The Balaban J connectivity index is 3.35. The van der Waals surface area contributed by atoms with E-state index in [2.05, 4.69) is 10.0 Å². The number of nitrogens with zero attached hydrogens (tertiary/aromatic N) is 3. The van der Waals surface area contributed by atoms with Gasteiger partial charge in [0.25, 0.3) is 0 Å². The van der Waals surface area contributed by atoms with E-state index in [9.17, 15) is 8.78 Å². The van der Waals surface area contributed by atoms with E-state index in [4.69, 9.17) is 5.53 Å². The fraction of sp³-hybridized carbons (Fsp3) is 0. The van der Waals surface area contributed by atoms with Crippen LogP contribution >= 0.6 is 22.6 Å². The van der Waals surface area contributed by atoms with Crippen LogP contribution in [0, 0.1) is 15.2 Å². The number of benzene rings is 1. The van der Waals surface area contributed by atoms with Gasteiger partial charge in [0.15, 0.2) is 11.6 Å². The van der Waals surface area contributed by atoms with Crippen molar-refractivity contribution in [3.05, 3.63) is 37.8 Å². The molecule has 0 aromatic heterocycles. The van der Waals surface area contributed by atoms with Gasteiger partial charge < -0.3 is 0 Å². The lowest BCUT2D eigenvalue weighted by atomic mass is 10.3. The van der Waals surface area contributed by atoms with Crippen LogP contribution in [0.5, 0.6) is 0 Å². The van der Waals surface area contributed by atoms with Crippen molar-refractivity contribution in [2.45, 2.75) is 0 Å². The maximum Gasteiger partial charge on any atom is 0.172 e. The van der Waals surface area contributed by atoms with Crippen molar-refractivity contribution < 1.29 is 8.78 Å². The summed E-state index contributed by atoms with van der Waals surface area (Å²) in [5, 5.41) is 2.97. The molecule has 0 unspecified atom stereocenters. The molecular weight excluding hydrogens is 279 g/mol. The highest BCUT2D eigenvalue weighted by atomic mass is 127. The standard InChI is InChI=1S/C6H2F2IN3/c7-5-3(9)1-2-4(6(5)8)11-12-10/h1-2H. The summed E-state index contributed by atoms with van der Waals surface area (Å²) >= 11 is 1.65. The van der Waals surface area contributed by atoms with Crippen molar-refractivity contribution in [3.63, 3.8) is 0 Å². The molecule has 0 saturated carbocycles. The Labute approximate surface area is 80.2 Å². The Bertz CT molecular complexity index is 360. The molecule has 0 N–H and O–H groups in total. The van der Waals surface area contributed by atoms with Gasteiger partial charge in [-0.05, 0) is 40.3 Å². The first-order valence-electron chi connectivity index (χ1n) is 2.85. The molecule has 0 atom stereocenters. The highest BCUT2D eigenvalue weighted by Crippen LogP contribution is 2.23. The number of azide groups is 1. The van der Waals surface area contributed by atoms with Crippen LogP contribution in [0.1, 0.15) is 0 Å². The minimum atomic E-state index is -1.11. The molecule has 0 aliphatic carbocycles. The van der Waals surface area contributed by atoms with Crippen LogP contribution in [0.2, 0.25) is 0 Å². The van der Waals surface area contributed by atoms with Gasteiger partial charge in [0, 0.05) is 4.91 Å². The van der Waals surface area contributed by atoms with Crippen molar-refractivity contribution >= 4 is 28.3 Å². The molecule has 1 aromatic rings. The molecule has 0 saturated heterocycles. The summed E-state index contributed by atoms with van der Waals surface area (Å²) in [6.07, 6.45) is 0. The maximum atomic E-state index is 12.8. The molecule has 0 radical (unpaired) electrons. The van der Waals surface area contributed by atoms with E-state index < -0.39 is 11.6 Å². The molecular formula is C6H2F2IN3. The lowest BCUT2D eigenvalue weighted by Gasteiger charge is -1.97. The summed E-state index contributed by atoms with van der Waals surface area (Å²) in [6.45, 7) is 0.